The van der Waals surface area contributed by atoms with E-state index in [0.29, 0.717) is 0 Å². The molecule has 0 bridgehead atoms. The van der Waals surface area contributed by atoms with Crippen LogP contribution >= 0.6 is 0 Å². The van der Waals surface area contributed by atoms with Crippen molar-refractivity contribution < 1.29 is 153 Å². The number of hydrogen-bond acceptors (Lipinski definition) is 31. The number of carbonyl (C=O) groups excluding carboxylic acids is 3. The van der Waals surface area contributed by atoms with Gasteiger partial charge >= 0.3 is 0 Å². The van der Waals surface area contributed by atoms with Gasteiger partial charge in [-0.2, -0.15) is 0 Å². The Morgan fingerprint density at radius 3 is 1.21 bits per heavy atom. The summed E-state index contributed by atoms with van der Waals surface area (Å²) in [4.78, 5) is 36.5. The Hall–Kier alpha value is -2.71. The lowest BCUT2D eigenvalue weighted by atomic mass is 9.94. The molecule has 0 aliphatic carbocycles. The first-order chi connectivity index (χ1) is 35.9. The molecule has 0 aromatic heterocycles. The van der Waals surface area contributed by atoms with Crippen molar-refractivity contribution in [2.24, 2.45) is 0 Å². The molecular weight excluding hydrogens is 1040 g/mol. The highest BCUT2D eigenvalue weighted by Crippen LogP contribution is 2.36. The van der Waals surface area contributed by atoms with E-state index in [2.05, 4.69) is 16.0 Å². The summed E-state index contributed by atoms with van der Waals surface area (Å²) in [6, 6.07) is -4.86. The van der Waals surface area contributed by atoms with Crippen molar-refractivity contribution in [1.82, 2.24) is 16.0 Å². The zero-order valence-corrected chi connectivity index (χ0v) is 40.9. The van der Waals surface area contributed by atoms with Gasteiger partial charge < -0.3 is 155 Å². The molecule has 6 rings (SSSR count). The highest BCUT2D eigenvalue weighted by molar-refractivity contribution is 5.74. The molecule has 30 atom stereocenters. The van der Waals surface area contributed by atoms with E-state index in [1.54, 1.807) is 0 Å². The summed E-state index contributed by atoms with van der Waals surface area (Å²) in [5.74, 6) is -2.30. The fourth-order valence-corrected chi connectivity index (χ4v) is 9.63. The van der Waals surface area contributed by atoms with E-state index in [1.807, 2.05) is 0 Å². The smallest absolute Gasteiger partial charge is 0.217 e. The van der Waals surface area contributed by atoms with E-state index in [0.717, 1.165) is 20.8 Å². The number of amides is 3. The van der Waals surface area contributed by atoms with Crippen LogP contribution in [0.3, 0.4) is 0 Å². The van der Waals surface area contributed by atoms with Crippen LogP contribution in [0.2, 0.25) is 0 Å². The third kappa shape index (κ3) is 13.7. The van der Waals surface area contributed by atoms with Crippen LogP contribution in [0.1, 0.15) is 20.8 Å². The van der Waals surface area contributed by atoms with Gasteiger partial charge in [-0.1, -0.05) is 0 Å². The van der Waals surface area contributed by atoms with Gasteiger partial charge in [0.15, 0.2) is 37.7 Å². The molecule has 34 heteroatoms. The second-order valence-corrected chi connectivity index (χ2v) is 19.0. The maximum atomic E-state index is 12.6. The van der Waals surface area contributed by atoms with Crippen LogP contribution in [0, 0.1) is 0 Å². The van der Waals surface area contributed by atoms with E-state index in [-0.39, 0.29) is 0 Å². The number of nitrogens with one attached hydrogen (secondary N) is 3. The summed E-state index contributed by atoms with van der Waals surface area (Å²) in [6.45, 7) is -2.54. The van der Waals surface area contributed by atoms with Crippen molar-refractivity contribution in [3.05, 3.63) is 0 Å². The van der Waals surface area contributed by atoms with Crippen LogP contribution in [0.25, 0.3) is 0 Å². The van der Waals surface area contributed by atoms with Gasteiger partial charge in [-0.3, -0.25) is 14.4 Å². The molecule has 0 aromatic carbocycles. The summed E-state index contributed by atoms with van der Waals surface area (Å²) in [7, 11) is 0. The Morgan fingerprint density at radius 2 is 0.697 bits per heavy atom. The monoisotopic (exact) mass is 1110 g/mol. The summed E-state index contributed by atoms with van der Waals surface area (Å²) in [5, 5.41) is 190. The fourth-order valence-electron chi connectivity index (χ4n) is 9.63. The number of rotatable bonds is 19. The van der Waals surface area contributed by atoms with Gasteiger partial charge in [-0.15, -0.1) is 0 Å². The lowest BCUT2D eigenvalue weighted by Crippen LogP contribution is -2.70. The number of carbonyl (C=O) groups is 3. The first-order valence-electron chi connectivity index (χ1n) is 24.1. The van der Waals surface area contributed by atoms with Crippen LogP contribution in [-0.2, 0) is 66.5 Å². The molecule has 6 fully saturated rings. The molecule has 20 N–H and O–H groups in total. The molecule has 76 heavy (non-hydrogen) atoms. The third-order valence-corrected chi connectivity index (χ3v) is 13.6. The molecule has 6 aliphatic rings. The first-order valence-corrected chi connectivity index (χ1v) is 24.1. The maximum absolute atomic E-state index is 12.6. The topological polar surface area (TPSA) is 533 Å². The van der Waals surface area contributed by atoms with Crippen molar-refractivity contribution in [2.75, 3.05) is 39.6 Å². The van der Waals surface area contributed by atoms with Gasteiger partial charge in [-0.05, 0) is 0 Å². The lowest BCUT2D eigenvalue weighted by Gasteiger charge is -2.50. The fraction of sp³-hybridized carbons (Fsp3) is 0.929. The van der Waals surface area contributed by atoms with Crippen molar-refractivity contribution >= 4 is 17.7 Å². The highest BCUT2D eigenvalue weighted by atomic mass is 16.8. The zero-order chi connectivity index (χ0) is 56.2. The molecular formula is C42H71N3O31. The van der Waals surface area contributed by atoms with Crippen LogP contribution in [-0.4, -0.2) is 328 Å². The molecule has 440 valence electrons. The second kappa shape index (κ2) is 27.2. The van der Waals surface area contributed by atoms with E-state index in [4.69, 9.17) is 52.1 Å². The largest absolute Gasteiger partial charge is 0.394 e. The Bertz CT molecular complexity index is 1870. The summed E-state index contributed by atoms with van der Waals surface area (Å²) in [5.41, 5.74) is 0. The van der Waals surface area contributed by atoms with Gasteiger partial charge in [0.1, 0.15) is 146 Å². The average Bonchev–Trinajstić information content (AvgIpc) is 3.37. The zero-order valence-electron chi connectivity index (χ0n) is 40.9. The molecule has 6 saturated heterocycles. The van der Waals surface area contributed by atoms with Gasteiger partial charge in [-0.25, -0.2) is 0 Å². The summed E-state index contributed by atoms with van der Waals surface area (Å²) in [6.07, 6.45) is -51.3. The van der Waals surface area contributed by atoms with E-state index in [9.17, 15) is 101 Å². The molecule has 0 aromatic rings. The average molecular weight is 1110 g/mol. The molecule has 34 nitrogen and oxygen atoms in total. The van der Waals surface area contributed by atoms with E-state index >= 15 is 0 Å². The van der Waals surface area contributed by atoms with Gasteiger partial charge in [0, 0.05) is 20.8 Å². The van der Waals surface area contributed by atoms with Crippen LogP contribution in [0.4, 0.5) is 0 Å². The predicted octanol–water partition coefficient (Wildman–Crippen LogP) is -13.7. The van der Waals surface area contributed by atoms with Crippen molar-refractivity contribution in [2.45, 2.75) is 205 Å². The first kappa shape index (κ1) is 62.5. The van der Waals surface area contributed by atoms with Gasteiger partial charge in [0.05, 0.1) is 39.6 Å². The predicted molar refractivity (Wildman–Crippen MR) is 234 cm³/mol. The van der Waals surface area contributed by atoms with E-state index in [1.165, 1.54) is 0 Å². The molecule has 0 saturated carbocycles. The van der Waals surface area contributed by atoms with E-state index < -0.39 is 241 Å². The number of aliphatic hydroxyl groups excluding tert-OH is 17. The lowest BCUT2D eigenvalue weighted by molar-refractivity contribution is -0.389. The normalized spacial score (nSPS) is 48.2. The van der Waals surface area contributed by atoms with Crippen LogP contribution in [0.15, 0.2) is 0 Å². The Kier molecular flexibility index (Phi) is 22.3. The molecule has 0 radical (unpaired) electrons. The van der Waals surface area contributed by atoms with Crippen LogP contribution < -0.4 is 16.0 Å². The Morgan fingerprint density at radius 1 is 0.342 bits per heavy atom. The molecule has 3 amide bonds. The minimum Gasteiger partial charge on any atom is -0.394 e. The standard InChI is InChI=1S/C42H71N3O31/c1-10(51)43-19-26(58)33(15(6-48)67-37(19)65)73-39-21(45-12(3)53)27(59)34(16(7-49)70-39)75-42-32(64)36(24(56)18(72-42)9-66-40-30(62)28(60)23(55)14(5-47)69-40)76-41-31(63)29(61)35(17(8-50)71-41)74-38-20(44-11(2)52)25(57)22(54)13(4-46)68-38/h13-42,46-50,54-65H,4-9H2,1-3H3,(H,43,51)(H,44,52)(H,45,53)/t13-,14-,15-,16-,17-,18-,19-,20-,21-,22-,23-,24-,25-,26-,27-,28+,29-,30+,31+,32+,33-,34-,35-,36+,37-,38?,39+,40+,41-,42+/m1/s1. The number of ether oxygens (including phenoxy) is 11. The number of hydrogen-bond donors (Lipinski definition) is 20. The Labute approximate surface area is 431 Å². The second-order valence-electron chi connectivity index (χ2n) is 19.0. The quantitative estimate of drug-likeness (QED) is 0.0571. The maximum Gasteiger partial charge on any atom is 0.217 e. The summed E-state index contributed by atoms with van der Waals surface area (Å²) < 4.78 is 63.1. The van der Waals surface area contributed by atoms with Crippen molar-refractivity contribution in [3.8, 4) is 0 Å². The van der Waals surface area contributed by atoms with Crippen molar-refractivity contribution in [3.63, 3.8) is 0 Å². The molecule has 1 unspecified atom stereocenters. The van der Waals surface area contributed by atoms with Crippen LogP contribution in [0.5, 0.6) is 0 Å². The summed E-state index contributed by atoms with van der Waals surface area (Å²) >= 11 is 0. The van der Waals surface area contributed by atoms with Gasteiger partial charge in [0.2, 0.25) is 17.7 Å². The molecule has 6 heterocycles. The third-order valence-electron chi connectivity index (χ3n) is 13.6. The minimum atomic E-state index is -2.30. The Balaban J connectivity index is 1.27. The number of aliphatic hydroxyl groups is 17. The minimum absolute atomic E-state index is 0.719. The van der Waals surface area contributed by atoms with Crippen molar-refractivity contribution in [1.29, 1.82) is 0 Å². The van der Waals surface area contributed by atoms with Gasteiger partial charge in [0.25, 0.3) is 0 Å². The SMILES string of the molecule is CC(=O)N[C@@H]1[C@@H](O)[C@H](O[C@@H]2O[C@H](CO)[C@@H](O[C@@H]3O[C@H](CO[C@H]4O[C@H](CO)[C@@H](O)[C@H](O)[C@@H]4O)[C@@H](O)[C@H](O[C@H]4O[C@H](CO)[C@@H](OC5O[C@H](CO)[C@@H](O)[C@H](O)[C@H]5NC(C)=O)[C@H](O)[C@@H]4O)[C@@H]3O)[C@H](O)[C@H]2NC(C)=O)[C@@H](CO)O[C@H]1O. The molecule has 6 aliphatic heterocycles. The molecule has 0 spiro atoms. The highest BCUT2D eigenvalue weighted by Gasteiger charge is 2.58.